The Labute approximate surface area is 167 Å². The molecule has 144 valence electrons. The van der Waals surface area contributed by atoms with Crippen molar-refractivity contribution in [2.24, 2.45) is 0 Å². The quantitative estimate of drug-likeness (QED) is 0.528. The van der Waals surface area contributed by atoms with Gasteiger partial charge in [-0.05, 0) is 55.5 Å². The fraction of sp³-hybridized carbons (Fsp3) is 0.130. The van der Waals surface area contributed by atoms with Gasteiger partial charge in [0.25, 0.3) is 5.91 Å². The van der Waals surface area contributed by atoms with Gasteiger partial charge in [0.15, 0.2) is 0 Å². The highest BCUT2D eigenvalue weighted by molar-refractivity contribution is 5.94. The molecule has 0 N–H and O–H groups in total. The number of amides is 1. The zero-order valence-corrected chi connectivity index (χ0v) is 15.9. The molecule has 2 aromatic heterocycles. The molecule has 0 saturated heterocycles. The molecule has 1 amide bonds. The number of hydrogen-bond donors (Lipinski definition) is 0. The van der Waals surface area contributed by atoms with Crippen LogP contribution in [0.1, 0.15) is 27.2 Å². The van der Waals surface area contributed by atoms with E-state index in [0.717, 1.165) is 22.8 Å². The van der Waals surface area contributed by atoms with E-state index in [1.807, 2.05) is 45.9 Å². The molecule has 0 fully saturated rings. The molecule has 3 heterocycles. The van der Waals surface area contributed by atoms with E-state index >= 15 is 0 Å². The van der Waals surface area contributed by atoms with Gasteiger partial charge in [0.05, 0.1) is 24.5 Å². The fourth-order valence-electron chi connectivity index (χ4n) is 3.73. The summed E-state index contributed by atoms with van der Waals surface area (Å²) in [7, 11) is 0. The fourth-order valence-corrected chi connectivity index (χ4v) is 3.73. The van der Waals surface area contributed by atoms with Crippen LogP contribution < -0.4 is 0 Å². The maximum atomic E-state index is 13.2. The van der Waals surface area contributed by atoms with Crippen molar-refractivity contribution in [3.05, 3.63) is 101 Å². The number of aromatic nitrogens is 3. The molecule has 0 atom stereocenters. The number of halogens is 1. The van der Waals surface area contributed by atoms with Crippen molar-refractivity contribution in [1.29, 1.82) is 0 Å². The van der Waals surface area contributed by atoms with Crippen LogP contribution in [0.5, 0.6) is 0 Å². The number of carbonyl (C=O) groups excluding carboxylic acids is 1. The Hall–Kier alpha value is -3.67. The number of aryl methyl sites for hydroxylation is 1. The standard InChI is InChI=1S/C23H19FN4O/c1-16-4-10-19(11-5-16)28-22(26-12-2-3-13-26)20-14-27(15-21(20)25-28)23(29)17-6-8-18(24)9-7-17/h2-13H,14-15H2,1H3. The third-order valence-corrected chi connectivity index (χ3v) is 5.24. The van der Waals surface area contributed by atoms with Crippen LogP contribution in [0.3, 0.4) is 0 Å². The molecule has 0 bridgehead atoms. The molecule has 0 spiro atoms. The van der Waals surface area contributed by atoms with E-state index in [0.29, 0.717) is 18.7 Å². The summed E-state index contributed by atoms with van der Waals surface area (Å²) in [6.07, 6.45) is 3.96. The number of fused-ring (bicyclic) bond motifs is 1. The van der Waals surface area contributed by atoms with Crippen molar-refractivity contribution < 1.29 is 9.18 Å². The van der Waals surface area contributed by atoms with Crippen LogP contribution in [0.2, 0.25) is 0 Å². The van der Waals surface area contributed by atoms with Crippen molar-refractivity contribution in [3.63, 3.8) is 0 Å². The minimum atomic E-state index is -0.351. The normalized spacial score (nSPS) is 13.0. The molecule has 4 aromatic rings. The predicted octanol–water partition coefficient (Wildman–Crippen LogP) is 4.27. The molecule has 0 saturated carbocycles. The average Bonchev–Trinajstić information content (AvgIpc) is 3.44. The van der Waals surface area contributed by atoms with Crippen molar-refractivity contribution >= 4 is 5.91 Å². The molecule has 1 aliphatic heterocycles. The summed E-state index contributed by atoms with van der Waals surface area (Å²) < 4.78 is 17.2. The van der Waals surface area contributed by atoms with Crippen LogP contribution in [0.25, 0.3) is 11.5 Å². The number of benzene rings is 2. The summed E-state index contributed by atoms with van der Waals surface area (Å²) in [5, 5.41) is 4.83. The van der Waals surface area contributed by atoms with Crippen LogP contribution in [-0.2, 0) is 13.1 Å². The van der Waals surface area contributed by atoms with Gasteiger partial charge < -0.3 is 9.47 Å². The minimum Gasteiger partial charge on any atom is -0.328 e. The summed E-state index contributed by atoms with van der Waals surface area (Å²) in [5.41, 5.74) is 4.55. The first-order valence-electron chi connectivity index (χ1n) is 9.46. The lowest BCUT2D eigenvalue weighted by atomic mass is 10.2. The molecule has 1 aliphatic rings. The summed E-state index contributed by atoms with van der Waals surface area (Å²) in [6, 6.07) is 17.8. The lowest BCUT2D eigenvalue weighted by Gasteiger charge is -2.17. The average molecular weight is 386 g/mol. The Balaban J connectivity index is 1.53. The lowest BCUT2D eigenvalue weighted by Crippen LogP contribution is -2.26. The second kappa shape index (κ2) is 6.74. The van der Waals surface area contributed by atoms with Gasteiger partial charge in [0, 0.05) is 23.5 Å². The van der Waals surface area contributed by atoms with Crippen molar-refractivity contribution in [2.45, 2.75) is 20.0 Å². The number of hydrogen-bond acceptors (Lipinski definition) is 2. The Morgan fingerprint density at radius 1 is 0.966 bits per heavy atom. The van der Waals surface area contributed by atoms with Gasteiger partial charge in [0.2, 0.25) is 0 Å². The molecule has 6 heteroatoms. The SMILES string of the molecule is Cc1ccc(-n2nc3c(c2-n2cccc2)CN(C(=O)c2ccc(F)cc2)C3)cc1. The Morgan fingerprint density at radius 3 is 2.34 bits per heavy atom. The van der Waals surface area contributed by atoms with Gasteiger partial charge in [-0.2, -0.15) is 5.10 Å². The molecule has 5 nitrogen and oxygen atoms in total. The van der Waals surface area contributed by atoms with E-state index in [1.165, 1.54) is 29.8 Å². The largest absolute Gasteiger partial charge is 0.328 e. The number of carbonyl (C=O) groups is 1. The second-order valence-corrected chi connectivity index (χ2v) is 7.25. The molecule has 0 unspecified atom stereocenters. The van der Waals surface area contributed by atoms with Gasteiger partial charge in [-0.1, -0.05) is 17.7 Å². The monoisotopic (exact) mass is 386 g/mol. The van der Waals surface area contributed by atoms with Crippen LogP contribution in [-0.4, -0.2) is 25.2 Å². The zero-order valence-electron chi connectivity index (χ0n) is 15.9. The van der Waals surface area contributed by atoms with E-state index in [2.05, 4.69) is 19.1 Å². The van der Waals surface area contributed by atoms with Crippen LogP contribution in [0.4, 0.5) is 4.39 Å². The molecule has 2 aromatic carbocycles. The molecule has 5 rings (SSSR count). The molecule has 29 heavy (non-hydrogen) atoms. The topological polar surface area (TPSA) is 43.1 Å². The number of nitrogens with zero attached hydrogens (tertiary/aromatic N) is 4. The first kappa shape index (κ1) is 17.4. The summed E-state index contributed by atoms with van der Waals surface area (Å²) in [5.74, 6) is 0.460. The zero-order chi connectivity index (χ0) is 20.0. The molecule has 0 aliphatic carbocycles. The third-order valence-electron chi connectivity index (χ3n) is 5.24. The Bertz CT molecular complexity index is 1180. The van der Waals surface area contributed by atoms with E-state index in [4.69, 9.17) is 5.10 Å². The van der Waals surface area contributed by atoms with Gasteiger partial charge in [-0.3, -0.25) is 4.79 Å². The van der Waals surface area contributed by atoms with Gasteiger partial charge >= 0.3 is 0 Å². The predicted molar refractivity (Wildman–Crippen MR) is 108 cm³/mol. The maximum Gasteiger partial charge on any atom is 0.254 e. The first-order valence-corrected chi connectivity index (χ1v) is 9.46. The molecule has 0 radical (unpaired) electrons. The maximum absolute atomic E-state index is 13.2. The van der Waals surface area contributed by atoms with Gasteiger partial charge in [0.1, 0.15) is 11.6 Å². The van der Waals surface area contributed by atoms with E-state index in [1.54, 1.807) is 4.90 Å². The smallest absolute Gasteiger partial charge is 0.254 e. The van der Waals surface area contributed by atoms with E-state index < -0.39 is 0 Å². The molecular formula is C23H19FN4O. The summed E-state index contributed by atoms with van der Waals surface area (Å²) >= 11 is 0. The van der Waals surface area contributed by atoms with Crippen LogP contribution >= 0.6 is 0 Å². The molecular weight excluding hydrogens is 367 g/mol. The second-order valence-electron chi connectivity index (χ2n) is 7.25. The van der Waals surface area contributed by atoms with Gasteiger partial charge in [-0.15, -0.1) is 0 Å². The number of rotatable bonds is 3. The lowest BCUT2D eigenvalue weighted by molar-refractivity contribution is 0.0749. The van der Waals surface area contributed by atoms with Crippen LogP contribution in [0, 0.1) is 12.7 Å². The van der Waals surface area contributed by atoms with E-state index in [9.17, 15) is 9.18 Å². The Kier molecular flexibility index (Phi) is 4.05. The first-order chi connectivity index (χ1) is 14.1. The van der Waals surface area contributed by atoms with E-state index in [-0.39, 0.29) is 11.7 Å². The summed E-state index contributed by atoms with van der Waals surface area (Å²) in [6.45, 7) is 2.95. The van der Waals surface area contributed by atoms with Crippen molar-refractivity contribution in [1.82, 2.24) is 19.2 Å². The minimum absolute atomic E-state index is 0.122. The third kappa shape index (κ3) is 3.02. The highest BCUT2D eigenvalue weighted by atomic mass is 19.1. The highest BCUT2D eigenvalue weighted by Crippen LogP contribution is 2.31. The van der Waals surface area contributed by atoms with Crippen LogP contribution in [0.15, 0.2) is 73.1 Å². The highest BCUT2D eigenvalue weighted by Gasteiger charge is 2.31. The van der Waals surface area contributed by atoms with Crippen molar-refractivity contribution in [3.8, 4) is 11.5 Å². The Morgan fingerprint density at radius 2 is 1.66 bits per heavy atom. The summed E-state index contributed by atoms with van der Waals surface area (Å²) in [4.78, 5) is 14.6. The van der Waals surface area contributed by atoms with Gasteiger partial charge in [-0.25, -0.2) is 9.07 Å². The van der Waals surface area contributed by atoms with Crippen molar-refractivity contribution in [2.75, 3.05) is 0 Å².